The van der Waals surface area contributed by atoms with Gasteiger partial charge in [-0.1, -0.05) is 77.8 Å². The molecular weight excluding hydrogens is 330 g/mol. The van der Waals surface area contributed by atoms with Gasteiger partial charge < -0.3 is 5.32 Å². The van der Waals surface area contributed by atoms with Crippen molar-refractivity contribution < 1.29 is 4.79 Å². The van der Waals surface area contributed by atoms with Crippen LogP contribution in [0.1, 0.15) is 38.7 Å². The van der Waals surface area contributed by atoms with Gasteiger partial charge in [-0.15, -0.1) is 0 Å². The minimum atomic E-state index is -0.232. The lowest BCUT2D eigenvalue weighted by Crippen LogP contribution is -2.30. The van der Waals surface area contributed by atoms with E-state index >= 15 is 0 Å². The summed E-state index contributed by atoms with van der Waals surface area (Å²) in [5.74, 6) is -0.180. The predicted molar refractivity (Wildman–Crippen MR) is 103 cm³/mol. The second-order valence-electron chi connectivity index (χ2n) is 6.16. The minimum Gasteiger partial charge on any atom is -0.341 e. The zero-order valence-electron chi connectivity index (χ0n) is 14.3. The third kappa shape index (κ3) is 3.92. The molecule has 0 aliphatic carbocycles. The van der Waals surface area contributed by atoms with Gasteiger partial charge in [0.05, 0.1) is 16.6 Å². The number of carbonyl (C=O) groups excluding carboxylic acids is 1. The number of hydrogen-bond acceptors (Lipinski definition) is 1. The fourth-order valence-corrected chi connectivity index (χ4v) is 3.13. The molecule has 3 heteroatoms. The molecule has 1 amide bonds. The predicted octanol–water partition coefficient (Wildman–Crippen LogP) is 5.48. The Bertz CT molecular complexity index is 890. The van der Waals surface area contributed by atoms with E-state index in [1.165, 1.54) is 0 Å². The highest BCUT2D eigenvalue weighted by Crippen LogP contribution is 2.27. The van der Waals surface area contributed by atoms with Crippen LogP contribution < -0.4 is 5.32 Å². The van der Waals surface area contributed by atoms with Gasteiger partial charge >= 0.3 is 0 Å². The monoisotopic (exact) mass is 349 g/mol. The quantitative estimate of drug-likeness (QED) is 0.664. The Morgan fingerprint density at radius 1 is 0.920 bits per heavy atom. The van der Waals surface area contributed by atoms with Crippen LogP contribution in [0.15, 0.2) is 72.8 Å². The van der Waals surface area contributed by atoms with Crippen molar-refractivity contribution in [1.82, 2.24) is 5.32 Å². The van der Waals surface area contributed by atoms with Crippen LogP contribution in [0.5, 0.6) is 0 Å². The first-order valence-electron chi connectivity index (χ1n) is 8.24. The van der Waals surface area contributed by atoms with E-state index in [1.54, 1.807) is 12.1 Å². The van der Waals surface area contributed by atoms with Gasteiger partial charge in [-0.25, -0.2) is 0 Å². The molecule has 0 radical (unpaired) electrons. The van der Waals surface area contributed by atoms with Crippen molar-refractivity contribution >= 4 is 17.5 Å². The van der Waals surface area contributed by atoms with Crippen molar-refractivity contribution in [3.05, 3.63) is 106 Å². The van der Waals surface area contributed by atoms with Crippen LogP contribution in [-0.4, -0.2) is 5.91 Å². The molecule has 0 saturated heterocycles. The van der Waals surface area contributed by atoms with Crippen LogP contribution >= 0.6 is 11.6 Å². The second kappa shape index (κ2) is 7.54. The van der Waals surface area contributed by atoms with Crippen molar-refractivity contribution in [3.63, 3.8) is 0 Å². The van der Waals surface area contributed by atoms with Crippen LogP contribution in [0, 0.1) is 13.8 Å². The molecule has 25 heavy (non-hydrogen) atoms. The molecule has 126 valence electrons. The maximum atomic E-state index is 12.8. The highest BCUT2D eigenvalue weighted by Gasteiger charge is 2.20. The molecule has 0 aliphatic rings. The summed E-state index contributed by atoms with van der Waals surface area (Å²) in [7, 11) is 0. The van der Waals surface area contributed by atoms with Crippen LogP contribution in [0.3, 0.4) is 0 Å². The molecule has 0 heterocycles. The molecule has 0 aromatic heterocycles. The first kappa shape index (κ1) is 17.2. The van der Waals surface area contributed by atoms with E-state index in [2.05, 4.69) is 37.4 Å². The molecule has 0 bridgehead atoms. The summed E-state index contributed by atoms with van der Waals surface area (Å²) in [5, 5.41) is 3.60. The van der Waals surface area contributed by atoms with Crippen molar-refractivity contribution in [2.45, 2.75) is 19.9 Å². The number of rotatable bonds is 4. The Kier molecular flexibility index (Phi) is 5.20. The van der Waals surface area contributed by atoms with Crippen LogP contribution in [0.4, 0.5) is 0 Å². The molecule has 1 N–H and O–H groups in total. The topological polar surface area (TPSA) is 29.1 Å². The molecule has 0 unspecified atom stereocenters. The number of nitrogens with one attached hydrogen (secondary N) is 1. The van der Waals surface area contributed by atoms with Crippen molar-refractivity contribution in [2.75, 3.05) is 0 Å². The third-order valence-corrected chi connectivity index (χ3v) is 4.60. The van der Waals surface area contributed by atoms with Crippen molar-refractivity contribution in [1.29, 1.82) is 0 Å². The van der Waals surface area contributed by atoms with Gasteiger partial charge in [0.1, 0.15) is 0 Å². The largest absolute Gasteiger partial charge is 0.341 e. The molecular formula is C22H20ClNO. The number of hydrogen-bond donors (Lipinski definition) is 1. The Balaban J connectivity index is 2.02. The fraction of sp³-hybridized carbons (Fsp3) is 0.136. The molecule has 3 aromatic carbocycles. The van der Waals surface area contributed by atoms with Gasteiger partial charge in [-0.05, 0) is 42.7 Å². The molecule has 1 atom stereocenters. The van der Waals surface area contributed by atoms with Gasteiger partial charge in [-0.3, -0.25) is 4.79 Å². The van der Waals surface area contributed by atoms with E-state index in [9.17, 15) is 4.79 Å². The lowest BCUT2D eigenvalue weighted by molar-refractivity contribution is 0.0943. The summed E-state index contributed by atoms with van der Waals surface area (Å²) in [5.41, 5.74) is 4.91. The summed E-state index contributed by atoms with van der Waals surface area (Å²) in [6, 6.07) is 23.1. The average molecular weight is 350 g/mol. The van der Waals surface area contributed by atoms with Gasteiger partial charge in [0.15, 0.2) is 0 Å². The molecule has 2 nitrogen and oxygen atoms in total. The van der Waals surface area contributed by atoms with E-state index in [0.717, 1.165) is 22.3 Å². The smallest absolute Gasteiger partial charge is 0.253 e. The fourth-order valence-electron chi connectivity index (χ4n) is 2.91. The molecule has 0 fully saturated rings. The zero-order chi connectivity index (χ0) is 17.8. The first-order valence-corrected chi connectivity index (χ1v) is 8.61. The van der Waals surface area contributed by atoms with E-state index in [4.69, 9.17) is 11.6 Å². The molecule has 3 rings (SSSR count). The minimum absolute atomic E-state index is 0.180. The third-order valence-electron chi connectivity index (χ3n) is 4.27. The molecule has 0 aliphatic heterocycles. The Morgan fingerprint density at radius 2 is 1.60 bits per heavy atom. The normalized spacial score (nSPS) is 11.8. The van der Waals surface area contributed by atoms with Gasteiger partial charge in [0.2, 0.25) is 0 Å². The average Bonchev–Trinajstić information content (AvgIpc) is 2.63. The van der Waals surface area contributed by atoms with Crippen molar-refractivity contribution in [2.24, 2.45) is 0 Å². The van der Waals surface area contributed by atoms with E-state index < -0.39 is 0 Å². The number of amides is 1. The van der Waals surface area contributed by atoms with Crippen molar-refractivity contribution in [3.8, 4) is 0 Å². The maximum Gasteiger partial charge on any atom is 0.253 e. The van der Waals surface area contributed by atoms with Crippen LogP contribution in [0.25, 0.3) is 0 Å². The lowest BCUT2D eigenvalue weighted by atomic mass is 9.93. The van der Waals surface area contributed by atoms with Gasteiger partial charge in [0.25, 0.3) is 5.91 Å². The Morgan fingerprint density at radius 3 is 2.32 bits per heavy atom. The first-order chi connectivity index (χ1) is 12.1. The second-order valence-corrected chi connectivity index (χ2v) is 6.56. The van der Waals surface area contributed by atoms with Gasteiger partial charge in [0, 0.05) is 0 Å². The SMILES string of the molecule is Cc1ccc(C)c([C@H](NC(=O)c2ccccc2Cl)c2ccccc2)c1. The number of benzene rings is 3. The van der Waals surface area contributed by atoms with E-state index in [-0.39, 0.29) is 11.9 Å². The van der Waals surface area contributed by atoms with Gasteiger partial charge in [-0.2, -0.15) is 0 Å². The van der Waals surface area contributed by atoms with Crippen LogP contribution in [0.2, 0.25) is 5.02 Å². The summed E-state index contributed by atoms with van der Waals surface area (Å²) in [6.45, 7) is 4.12. The highest BCUT2D eigenvalue weighted by atomic mass is 35.5. The highest BCUT2D eigenvalue weighted by molar-refractivity contribution is 6.33. The number of carbonyl (C=O) groups is 1. The van der Waals surface area contributed by atoms with E-state index in [0.29, 0.717) is 10.6 Å². The molecule has 0 spiro atoms. The Hall–Kier alpha value is -2.58. The van der Waals surface area contributed by atoms with Crippen LogP contribution in [-0.2, 0) is 0 Å². The summed E-state index contributed by atoms with van der Waals surface area (Å²) < 4.78 is 0. The summed E-state index contributed by atoms with van der Waals surface area (Å²) >= 11 is 6.19. The maximum absolute atomic E-state index is 12.8. The number of aryl methyl sites for hydroxylation is 2. The number of halogens is 1. The lowest BCUT2D eigenvalue weighted by Gasteiger charge is -2.22. The zero-order valence-corrected chi connectivity index (χ0v) is 15.0. The molecule has 0 saturated carbocycles. The Labute approximate surface area is 153 Å². The summed E-state index contributed by atoms with van der Waals surface area (Å²) in [6.07, 6.45) is 0. The van der Waals surface area contributed by atoms with E-state index in [1.807, 2.05) is 42.5 Å². The summed E-state index contributed by atoms with van der Waals surface area (Å²) in [4.78, 5) is 12.8. The molecule has 3 aromatic rings. The standard InChI is InChI=1S/C22H20ClNO/c1-15-12-13-16(2)19(14-15)21(17-8-4-3-5-9-17)24-22(25)18-10-6-7-11-20(18)23/h3-14,21H,1-2H3,(H,24,25)/t21-/m1/s1.